The molecule has 0 saturated heterocycles. The van der Waals surface area contributed by atoms with Crippen LogP contribution >= 0.6 is 0 Å². The number of aromatic nitrogens is 2. The molecule has 0 fully saturated rings. The van der Waals surface area contributed by atoms with E-state index in [1.54, 1.807) is 0 Å². The summed E-state index contributed by atoms with van der Waals surface area (Å²) in [6, 6.07) is 24.7. The van der Waals surface area contributed by atoms with Crippen LogP contribution in [0.1, 0.15) is 0 Å². The summed E-state index contributed by atoms with van der Waals surface area (Å²) < 4.78 is 24.9. The number of hydrogen-bond acceptors (Lipinski definition) is 4. The zero-order valence-corrected chi connectivity index (χ0v) is 16.2. The fraction of sp³-hybridized carbons (Fsp3) is 0.125. The number of oxazole rings is 1. The molecular weight excluding hydrogens is 381 g/mol. The van der Waals surface area contributed by atoms with Gasteiger partial charge in [-0.2, -0.15) is 4.98 Å². The van der Waals surface area contributed by atoms with E-state index < -0.39 is 6.86 Å². The van der Waals surface area contributed by atoms with Crippen molar-refractivity contribution in [2.75, 3.05) is 18.8 Å². The maximum absolute atomic E-state index is 12.2. The summed E-state index contributed by atoms with van der Waals surface area (Å²) in [5.41, 5.74) is 5.72. The normalized spacial score (nSPS) is 11.4. The predicted molar refractivity (Wildman–Crippen MR) is 117 cm³/mol. The smallest absolute Gasteiger partial charge is 0.300 e. The Kier molecular flexibility index (Phi) is 4.91. The largest absolute Gasteiger partial charge is 0.423 e. The van der Waals surface area contributed by atoms with Crippen molar-refractivity contribution >= 4 is 33.7 Å². The number of hydrogen-bond donors (Lipinski definition) is 1. The van der Waals surface area contributed by atoms with Crippen LogP contribution in [0.2, 0.25) is 0 Å². The molecule has 0 unspecified atom stereocenters. The van der Waals surface area contributed by atoms with E-state index in [9.17, 15) is 4.39 Å². The molecule has 5 aromatic rings. The number of nitrogens with one attached hydrogen (secondary N) is 1. The second-order valence-electron chi connectivity index (χ2n) is 6.99. The maximum Gasteiger partial charge on any atom is 0.300 e. The lowest BCUT2D eigenvalue weighted by molar-refractivity contribution is 0.0535. The molecule has 0 amide bonds. The zero-order chi connectivity index (χ0) is 20.3. The number of benzene rings is 3. The van der Waals surface area contributed by atoms with Crippen molar-refractivity contribution in [3.8, 4) is 11.1 Å². The van der Waals surface area contributed by atoms with Gasteiger partial charge in [0.2, 0.25) is 0 Å². The summed E-state index contributed by atoms with van der Waals surface area (Å²) in [6.45, 7) is 0.218. The summed E-state index contributed by atoms with van der Waals surface area (Å²) in [7, 11) is 0. The van der Waals surface area contributed by atoms with Gasteiger partial charge in [-0.3, -0.25) is 0 Å². The van der Waals surface area contributed by atoms with Gasteiger partial charge in [0, 0.05) is 29.3 Å². The Bertz CT molecular complexity index is 1290. The number of anilines is 2. The second-order valence-corrected chi connectivity index (χ2v) is 6.99. The van der Waals surface area contributed by atoms with Gasteiger partial charge in [-0.05, 0) is 53.6 Å². The molecule has 5 nitrogen and oxygen atoms in total. The highest BCUT2D eigenvalue weighted by atomic mass is 19.1. The zero-order valence-electron chi connectivity index (χ0n) is 16.2. The molecule has 6 heteroatoms. The van der Waals surface area contributed by atoms with Gasteiger partial charge in [0.15, 0.2) is 12.4 Å². The van der Waals surface area contributed by atoms with Gasteiger partial charge in [-0.15, -0.1) is 0 Å². The van der Waals surface area contributed by atoms with Gasteiger partial charge >= 0.3 is 0 Å². The molecule has 1 N–H and O–H groups in total. The highest BCUT2D eigenvalue weighted by molar-refractivity contribution is 5.88. The monoisotopic (exact) mass is 401 g/mol. The molecular formula is C24H20FN3O2. The molecule has 30 heavy (non-hydrogen) atoms. The van der Waals surface area contributed by atoms with Crippen molar-refractivity contribution in [2.45, 2.75) is 6.54 Å². The second kappa shape index (κ2) is 8.00. The molecule has 0 aliphatic rings. The third kappa shape index (κ3) is 3.65. The van der Waals surface area contributed by atoms with Crippen molar-refractivity contribution < 1.29 is 13.5 Å². The Morgan fingerprint density at radius 2 is 1.80 bits per heavy atom. The molecule has 0 aliphatic heterocycles. The van der Waals surface area contributed by atoms with Crippen molar-refractivity contribution in [3.05, 3.63) is 79.0 Å². The number of alkyl halides is 1. The number of halogens is 1. The number of para-hydroxylation sites is 1. The quantitative estimate of drug-likeness (QED) is 0.333. The van der Waals surface area contributed by atoms with Crippen molar-refractivity contribution in [1.82, 2.24) is 9.55 Å². The van der Waals surface area contributed by atoms with Crippen molar-refractivity contribution in [3.63, 3.8) is 0 Å². The third-order valence-corrected chi connectivity index (χ3v) is 5.07. The van der Waals surface area contributed by atoms with E-state index in [4.69, 9.17) is 9.15 Å². The van der Waals surface area contributed by atoms with Crippen LogP contribution in [-0.4, -0.2) is 23.0 Å². The van der Waals surface area contributed by atoms with Crippen LogP contribution < -0.4 is 5.32 Å². The topological polar surface area (TPSA) is 52.2 Å². The minimum absolute atomic E-state index is 0.351. The van der Waals surface area contributed by atoms with Crippen LogP contribution in [-0.2, 0) is 11.3 Å². The summed E-state index contributed by atoms with van der Waals surface area (Å²) in [5, 5.41) is 4.31. The molecule has 2 heterocycles. The van der Waals surface area contributed by atoms with Crippen LogP contribution in [0.3, 0.4) is 0 Å². The summed E-state index contributed by atoms with van der Waals surface area (Å²) >= 11 is 0. The number of rotatable bonds is 7. The van der Waals surface area contributed by atoms with Crippen LogP contribution in [0.4, 0.5) is 16.1 Å². The lowest BCUT2D eigenvalue weighted by Gasteiger charge is -2.06. The van der Waals surface area contributed by atoms with E-state index in [0.29, 0.717) is 19.2 Å². The predicted octanol–water partition coefficient (Wildman–Crippen LogP) is 6.14. The molecule has 3 aromatic carbocycles. The van der Waals surface area contributed by atoms with Crippen LogP contribution in [0.5, 0.6) is 0 Å². The summed E-state index contributed by atoms with van der Waals surface area (Å²) in [4.78, 5) is 4.58. The number of fused-ring (bicyclic) bond motifs is 2. The molecule has 0 spiro atoms. The molecule has 0 radical (unpaired) electrons. The first kappa shape index (κ1) is 18.4. The maximum atomic E-state index is 12.2. The Hall–Kier alpha value is -3.64. The molecule has 0 saturated carbocycles. The fourth-order valence-electron chi connectivity index (χ4n) is 3.60. The lowest BCUT2D eigenvalue weighted by Crippen LogP contribution is -2.03. The first-order chi connectivity index (χ1) is 14.8. The third-order valence-electron chi connectivity index (χ3n) is 5.07. The molecule has 5 rings (SSSR count). The average molecular weight is 401 g/mol. The van der Waals surface area contributed by atoms with E-state index in [-0.39, 0.29) is 0 Å². The van der Waals surface area contributed by atoms with Crippen LogP contribution in [0, 0.1) is 0 Å². The Labute approximate surface area is 172 Å². The highest BCUT2D eigenvalue weighted by Gasteiger charge is 2.09. The standard InChI is InChI=1S/C24H20FN3O2/c25-16-29-13-12-28-11-10-19-14-17(6-8-22(19)28)18-7-9-23-21(15-18)27-24(30-23)26-20-4-2-1-3-5-20/h1-11,14-15H,12-13,16H2,(H,26,27). The van der Waals surface area contributed by atoms with Gasteiger partial charge in [-0.1, -0.05) is 30.3 Å². The average Bonchev–Trinajstić information content (AvgIpc) is 3.37. The van der Waals surface area contributed by atoms with Crippen molar-refractivity contribution in [2.24, 2.45) is 0 Å². The van der Waals surface area contributed by atoms with E-state index in [2.05, 4.69) is 39.1 Å². The van der Waals surface area contributed by atoms with Gasteiger partial charge in [0.25, 0.3) is 6.01 Å². The van der Waals surface area contributed by atoms with Crippen molar-refractivity contribution in [1.29, 1.82) is 0 Å². The number of ether oxygens (including phenoxy) is 1. The van der Waals surface area contributed by atoms with Crippen LogP contribution in [0.25, 0.3) is 33.1 Å². The first-order valence-corrected chi connectivity index (χ1v) is 9.76. The first-order valence-electron chi connectivity index (χ1n) is 9.76. The molecule has 0 aliphatic carbocycles. The van der Waals surface area contributed by atoms with E-state index in [0.717, 1.165) is 38.8 Å². The van der Waals surface area contributed by atoms with Gasteiger partial charge in [-0.25, -0.2) is 4.39 Å². The molecule has 2 aromatic heterocycles. The van der Waals surface area contributed by atoms with E-state index in [1.807, 2.05) is 54.7 Å². The minimum Gasteiger partial charge on any atom is -0.423 e. The lowest BCUT2D eigenvalue weighted by atomic mass is 10.0. The Morgan fingerprint density at radius 1 is 0.967 bits per heavy atom. The van der Waals surface area contributed by atoms with Gasteiger partial charge in [0.05, 0.1) is 6.61 Å². The Morgan fingerprint density at radius 3 is 2.67 bits per heavy atom. The minimum atomic E-state index is -0.754. The fourth-order valence-corrected chi connectivity index (χ4v) is 3.60. The number of nitrogens with zero attached hydrogens (tertiary/aromatic N) is 2. The SMILES string of the molecule is FCOCCn1ccc2cc(-c3ccc4oc(Nc5ccccc5)nc4c3)ccc21. The van der Waals surface area contributed by atoms with Gasteiger partial charge in [0.1, 0.15) is 5.52 Å². The Balaban J connectivity index is 1.42. The highest BCUT2D eigenvalue weighted by Crippen LogP contribution is 2.29. The van der Waals surface area contributed by atoms with Crippen LogP contribution in [0.15, 0.2) is 83.4 Å². The molecule has 0 atom stereocenters. The summed E-state index contributed by atoms with van der Waals surface area (Å²) in [6.07, 6.45) is 2.00. The van der Waals surface area contributed by atoms with Gasteiger partial charge < -0.3 is 19.0 Å². The van der Waals surface area contributed by atoms with E-state index >= 15 is 0 Å². The molecule has 150 valence electrons. The van der Waals surface area contributed by atoms with E-state index in [1.165, 1.54) is 0 Å². The summed E-state index contributed by atoms with van der Waals surface area (Å²) in [5.74, 6) is 0. The molecule has 0 bridgehead atoms.